The van der Waals surface area contributed by atoms with Gasteiger partial charge in [-0.05, 0) is 54.4 Å². The Morgan fingerprint density at radius 2 is 1.71 bits per heavy atom. The number of anilines is 1. The Morgan fingerprint density at radius 3 is 2.37 bits per heavy atom. The van der Waals surface area contributed by atoms with E-state index in [9.17, 15) is 14.4 Å². The van der Waals surface area contributed by atoms with Crippen molar-refractivity contribution >= 4 is 22.4 Å². The number of carbonyl (C=O) groups is 1. The van der Waals surface area contributed by atoms with Crippen LogP contribution in [0, 0.1) is 5.82 Å². The third-order valence-electron chi connectivity index (χ3n) is 6.01. The lowest BCUT2D eigenvalue weighted by Gasteiger charge is -2.27. The van der Waals surface area contributed by atoms with Crippen LogP contribution in [0.5, 0.6) is 5.75 Å². The molecule has 0 fully saturated rings. The van der Waals surface area contributed by atoms with Crippen molar-refractivity contribution < 1.29 is 18.7 Å². The van der Waals surface area contributed by atoms with Crippen molar-refractivity contribution in [3.63, 3.8) is 0 Å². The average Bonchev–Trinajstić information content (AvgIpc) is 2.83. The van der Waals surface area contributed by atoms with E-state index in [1.54, 1.807) is 44.2 Å². The molecule has 9 heteroatoms. The minimum Gasteiger partial charge on any atom is -0.496 e. The number of ether oxygens (including phenoxy) is 2. The van der Waals surface area contributed by atoms with E-state index in [-0.39, 0.29) is 17.0 Å². The normalized spacial score (nSPS) is 11.5. The molecule has 0 amide bonds. The lowest BCUT2D eigenvalue weighted by molar-refractivity contribution is -0.146. The second kappa shape index (κ2) is 8.75. The number of rotatable bonds is 5. The first-order valence-electron chi connectivity index (χ1n) is 10.7. The second-order valence-corrected chi connectivity index (χ2v) is 8.58. The van der Waals surface area contributed by atoms with Crippen LogP contribution in [0.2, 0.25) is 0 Å². The number of hydrogen-bond donors (Lipinski definition) is 2. The molecule has 1 aromatic heterocycles. The van der Waals surface area contributed by atoms with E-state index in [0.717, 1.165) is 21.4 Å². The number of aromatic nitrogens is 2. The molecule has 0 radical (unpaired) electrons. The van der Waals surface area contributed by atoms with Gasteiger partial charge < -0.3 is 15.2 Å². The summed E-state index contributed by atoms with van der Waals surface area (Å²) in [6.07, 6.45) is 1.17. The highest BCUT2D eigenvalue weighted by atomic mass is 19.1. The number of benzene rings is 3. The summed E-state index contributed by atoms with van der Waals surface area (Å²) in [4.78, 5) is 39.0. The number of nitrogens with one attached hydrogen (secondary N) is 1. The van der Waals surface area contributed by atoms with Gasteiger partial charge in [-0.15, -0.1) is 0 Å². The number of nitrogens with zero attached hydrogens (tertiary/aromatic N) is 1. The monoisotopic (exact) mass is 477 g/mol. The van der Waals surface area contributed by atoms with Crippen LogP contribution >= 0.6 is 0 Å². The first kappa shape index (κ1) is 23.7. The van der Waals surface area contributed by atoms with Crippen LogP contribution in [-0.4, -0.2) is 29.7 Å². The van der Waals surface area contributed by atoms with Gasteiger partial charge in [0, 0.05) is 23.5 Å². The largest absolute Gasteiger partial charge is 0.496 e. The quantitative estimate of drug-likeness (QED) is 0.336. The Morgan fingerprint density at radius 1 is 1.03 bits per heavy atom. The predicted octanol–water partition coefficient (Wildman–Crippen LogP) is 3.53. The molecule has 0 unspecified atom stereocenters. The first-order chi connectivity index (χ1) is 16.6. The Balaban J connectivity index is 2.13. The number of nitrogen functional groups attached to an aromatic ring is 1. The number of methoxy groups -OCH3 is 2. The Labute approximate surface area is 199 Å². The Bertz CT molecular complexity index is 1590. The average molecular weight is 477 g/mol. The molecule has 1 heterocycles. The third kappa shape index (κ3) is 4.05. The molecule has 180 valence electrons. The highest BCUT2D eigenvalue weighted by molar-refractivity contribution is 5.92. The van der Waals surface area contributed by atoms with Gasteiger partial charge in [0.05, 0.1) is 30.9 Å². The molecule has 0 saturated heterocycles. The SMILES string of the molecule is COC(=O)C(C)(C)c1cc(-n2ccc(=O)[nH]c2=O)c(F)c(-c2ccc3cc(N)ccc3c2)c1OC. The summed E-state index contributed by atoms with van der Waals surface area (Å²) in [7, 11) is 2.63. The van der Waals surface area contributed by atoms with Crippen LogP contribution in [0.4, 0.5) is 10.1 Å². The van der Waals surface area contributed by atoms with E-state index in [2.05, 4.69) is 4.98 Å². The lowest BCUT2D eigenvalue weighted by Crippen LogP contribution is -2.32. The van der Waals surface area contributed by atoms with Crippen molar-refractivity contribution in [2.45, 2.75) is 19.3 Å². The van der Waals surface area contributed by atoms with Crippen LogP contribution in [-0.2, 0) is 14.9 Å². The number of aromatic amines is 1. The molecule has 0 aliphatic rings. The number of fused-ring (bicyclic) bond motifs is 1. The van der Waals surface area contributed by atoms with Gasteiger partial charge in [-0.25, -0.2) is 9.18 Å². The standard InChI is InChI=1S/C26H24FN3O5/c1-26(2,24(32)35-4)18-13-19(30-10-9-20(31)29-25(30)33)22(27)21(23(18)34-3)16-6-5-15-12-17(28)8-7-14(15)11-16/h5-13H,28H2,1-4H3,(H,29,31,33). The molecule has 0 saturated carbocycles. The van der Waals surface area contributed by atoms with Gasteiger partial charge in [0.2, 0.25) is 0 Å². The molecule has 0 aliphatic carbocycles. The van der Waals surface area contributed by atoms with Gasteiger partial charge in [-0.3, -0.25) is 19.1 Å². The van der Waals surface area contributed by atoms with Gasteiger partial charge in [-0.2, -0.15) is 0 Å². The van der Waals surface area contributed by atoms with Gasteiger partial charge in [-0.1, -0.05) is 18.2 Å². The summed E-state index contributed by atoms with van der Waals surface area (Å²) in [5.74, 6) is -1.23. The minimum absolute atomic E-state index is 0.0498. The highest BCUT2D eigenvalue weighted by Gasteiger charge is 2.37. The van der Waals surface area contributed by atoms with Crippen molar-refractivity contribution in [3.05, 3.63) is 86.9 Å². The van der Waals surface area contributed by atoms with Crippen LogP contribution in [0.1, 0.15) is 19.4 Å². The zero-order valence-electron chi connectivity index (χ0n) is 19.6. The van der Waals surface area contributed by atoms with Crippen molar-refractivity contribution in [2.75, 3.05) is 20.0 Å². The fourth-order valence-corrected chi connectivity index (χ4v) is 4.13. The molecule has 0 spiro atoms. The van der Waals surface area contributed by atoms with Crippen LogP contribution in [0.3, 0.4) is 0 Å². The van der Waals surface area contributed by atoms with Crippen molar-refractivity contribution in [2.24, 2.45) is 0 Å². The van der Waals surface area contributed by atoms with Crippen molar-refractivity contribution in [1.82, 2.24) is 9.55 Å². The van der Waals surface area contributed by atoms with E-state index in [1.165, 1.54) is 26.5 Å². The van der Waals surface area contributed by atoms with E-state index >= 15 is 4.39 Å². The zero-order chi connectivity index (χ0) is 25.5. The Kier molecular flexibility index (Phi) is 5.94. The number of esters is 1. The van der Waals surface area contributed by atoms with Crippen LogP contribution < -0.4 is 21.7 Å². The molecule has 0 bridgehead atoms. The van der Waals surface area contributed by atoms with Crippen molar-refractivity contribution in [1.29, 1.82) is 0 Å². The lowest BCUT2D eigenvalue weighted by atomic mass is 9.81. The molecule has 3 N–H and O–H groups in total. The van der Waals surface area contributed by atoms with Crippen molar-refractivity contribution in [3.8, 4) is 22.6 Å². The second-order valence-electron chi connectivity index (χ2n) is 8.58. The van der Waals surface area contributed by atoms with Gasteiger partial charge in [0.1, 0.15) is 5.75 Å². The molecule has 8 nitrogen and oxygen atoms in total. The van der Waals surface area contributed by atoms with E-state index in [1.807, 2.05) is 6.07 Å². The molecule has 35 heavy (non-hydrogen) atoms. The maximum atomic E-state index is 16.2. The fraction of sp³-hybridized carbons (Fsp3) is 0.192. The Hall–Kier alpha value is -4.40. The number of hydrogen-bond acceptors (Lipinski definition) is 6. The highest BCUT2D eigenvalue weighted by Crippen LogP contribution is 2.44. The fourth-order valence-electron chi connectivity index (χ4n) is 4.13. The molecule has 4 rings (SSSR count). The number of nitrogens with two attached hydrogens (primary N) is 1. The van der Waals surface area contributed by atoms with Crippen LogP contribution in [0.15, 0.2) is 64.3 Å². The zero-order valence-corrected chi connectivity index (χ0v) is 19.6. The summed E-state index contributed by atoms with van der Waals surface area (Å²) >= 11 is 0. The smallest absolute Gasteiger partial charge is 0.333 e. The number of halogens is 1. The summed E-state index contributed by atoms with van der Waals surface area (Å²) in [6, 6.07) is 13.1. The predicted molar refractivity (Wildman–Crippen MR) is 132 cm³/mol. The van der Waals surface area contributed by atoms with Crippen LogP contribution in [0.25, 0.3) is 27.6 Å². The summed E-state index contributed by atoms with van der Waals surface area (Å²) < 4.78 is 27.8. The van der Waals surface area contributed by atoms with E-state index in [4.69, 9.17) is 15.2 Å². The summed E-state index contributed by atoms with van der Waals surface area (Å²) in [5.41, 5.74) is 4.40. The number of H-pyrrole nitrogens is 1. The van der Waals surface area contributed by atoms with Gasteiger partial charge in [0.15, 0.2) is 5.82 Å². The summed E-state index contributed by atoms with van der Waals surface area (Å²) in [5, 5.41) is 1.66. The van der Waals surface area contributed by atoms with Gasteiger partial charge in [0.25, 0.3) is 5.56 Å². The molecule has 0 aliphatic heterocycles. The maximum absolute atomic E-state index is 16.2. The minimum atomic E-state index is -1.27. The molecular weight excluding hydrogens is 453 g/mol. The molecule has 4 aromatic rings. The van der Waals surface area contributed by atoms with E-state index < -0.39 is 28.5 Å². The molecule has 3 aromatic carbocycles. The topological polar surface area (TPSA) is 116 Å². The maximum Gasteiger partial charge on any atom is 0.333 e. The molecule has 0 atom stereocenters. The number of carbonyl (C=O) groups excluding carboxylic acids is 1. The van der Waals surface area contributed by atoms with E-state index in [0.29, 0.717) is 16.8 Å². The summed E-state index contributed by atoms with van der Waals surface area (Å²) in [6.45, 7) is 3.22. The first-order valence-corrected chi connectivity index (χ1v) is 10.7. The third-order valence-corrected chi connectivity index (χ3v) is 6.01. The molecular formula is C26H24FN3O5. The van der Waals surface area contributed by atoms with Gasteiger partial charge >= 0.3 is 11.7 Å².